The van der Waals surface area contributed by atoms with Gasteiger partial charge in [-0.3, -0.25) is 4.68 Å². The average Bonchev–Trinajstić information content (AvgIpc) is 2.93. The molecule has 0 amide bonds. The van der Waals surface area contributed by atoms with Crippen LogP contribution in [0.5, 0.6) is 0 Å². The first-order chi connectivity index (χ1) is 10.7. The van der Waals surface area contributed by atoms with E-state index in [1.807, 2.05) is 12.1 Å². The van der Waals surface area contributed by atoms with Gasteiger partial charge in [-0.15, -0.1) is 0 Å². The lowest BCUT2D eigenvalue weighted by Gasteiger charge is -2.15. The van der Waals surface area contributed by atoms with E-state index in [4.69, 9.17) is 9.84 Å². The van der Waals surface area contributed by atoms with Crippen molar-refractivity contribution in [2.75, 3.05) is 13.7 Å². The highest BCUT2D eigenvalue weighted by atomic mass is 16.5. The zero-order valence-corrected chi connectivity index (χ0v) is 13.1. The molecule has 0 saturated heterocycles. The summed E-state index contributed by atoms with van der Waals surface area (Å²) in [6.07, 6.45) is 1.97. The van der Waals surface area contributed by atoms with Gasteiger partial charge >= 0.3 is 5.97 Å². The number of carbonyl (C=O) groups is 1. The molecule has 0 saturated carbocycles. The molecule has 0 bridgehead atoms. The molecule has 1 aliphatic rings. The molecule has 116 valence electrons. The van der Waals surface area contributed by atoms with E-state index < -0.39 is 0 Å². The monoisotopic (exact) mass is 299 g/mol. The molecule has 0 spiro atoms. The van der Waals surface area contributed by atoms with Gasteiger partial charge in [0.1, 0.15) is 0 Å². The second-order valence-corrected chi connectivity index (χ2v) is 5.50. The van der Waals surface area contributed by atoms with Crippen molar-refractivity contribution in [3.63, 3.8) is 0 Å². The number of fused-ring (bicyclic) bond motifs is 1. The molecule has 1 aromatic heterocycles. The molecule has 0 unspecified atom stereocenters. The number of aromatic nitrogens is 2. The Bertz CT molecular complexity index is 674. The topological polar surface area (TPSA) is 56.2 Å². The standard InChI is InChI=1S/C17H21N3O2/c1-3-15-14-10-18-9-8-16(14)20(19-15)11-12-4-6-13(7-5-12)17(21)22-2/h4-7,18H,3,8-11H2,1-2H3. The van der Waals surface area contributed by atoms with Gasteiger partial charge in [-0.2, -0.15) is 5.10 Å². The second-order valence-electron chi connectivity index (χ2n) is 5.50. The Hall–Kier alpha value is -2.14. The zero-order chi connectivity index (χ0) is 15.5. The minimum atomic E-state index is -0.303. The summed E-state index contributed by atoms with van der Waals surface area (Å²) >= 11 is 0. The summed E-state index contributed by atoms with van der Waals surface area (Å²) in [4.78, 5) is 11.5. The number of carbonyl (C=O) groups excluding carboxylic acids is 1. The number of methoxy groups -OCH3 is 1. The third-order valence-corrected chi connectivity index (χ3v) is 4.13. The lowest BCUT2D eigenvalue weighted by Crippen LogP contribution is -2.25. The lowest BCUT2D eigenvalue weighted by molar-refractivity contribution is 0.0600. The fraction of sp³-hybridized carbons (Fsp3) is 0.412. The molecular weight excluding hydrogens is 278 g/mol. The molecule has 0 atom stereocenters. The fourth-order valence-corrected chi connectivity index (χ4v) is 2.94. The van der Waals surface area contributed by atoms with Crippen LogP contribution in [0.4, 0.5) is 0 Å². The van der Waals surface area contributed by atoms with Crippen LogP contribution in [-0.2, 0) is 30.7 Å². The third kappa shape index (κ3) is 2.76. The molecule has 1 aromatic carbocycles. The van der Waals surface area contributed by atoms with Crippen LogP contribution in [0.2, 0.25) is 0 Å². The van der Waals surface area contributed by atoms with Crippen molar-refractivity contribution in [2.45, 2.75) is 32.9 Å². The van der Waals surface area contributed by atoms with E-state index >= 15 is 0 Å². The maximum absolute atomic E-state index is 11.5. The van der Waals surface area contributed by atoms with Crippen LogP contribution >= 0.6 is 0 Å². The Balaban J connectivity index is 1.84. The van der Waals surface area contributed by atoms with Crippen molar-refractivity contribution in [3.05, 3.63) is 52.3 Å². The summed E-state index contributed by atoms with van der Waals surface area (Å²) in [5.74, 6) is -0.303. The minimum Gasteiger partial charge on any atom is -0.465 e. The highest BCUT2D eigenvalue weighted by Crippen LogP contribution is 2.20. The lowest BCUT2D eigenvalue weighted by atomic mass is 10.1. The Morgan fingerprint density at radius 1 is 1.36 bits per heavy atom. The van der Waals surface area contributed by atoms with Gasteiger partial charge in [0.05, 0.1) is 24.9 Å². The number of benzene rings is 1. The van der Waals surface area contributed by atoms with Crippen LogP contribution in [0.15, 0.2) is 24.3 Å². The Morgan fingerprint density at radius 2 is 2.14 bits per heavy atom. The number of nitrogens with one attached hydrogen (secondary N) is 1. The van der Waals surface area contributed by atoms with Gasteiger partial charge in [-0.1, -0.05) is 19.1 Å². The first-order valence-corrected chi connectivity index (χ1v) is 7.68. The largest absolute Gasteiger partial charge is 0.465 e. The molecule has 5 nitrogen and oxygen atoms in total. The van der Waals surface area contributed by atoms with Crippen molar-refractivity contribution < 1.29 is 9.53 Å². The maximum atomic E-state index is 11.5. The van der Waals surface area contributed by atoms with Crippen molar-refractivity contribution in [1.82, 2.24) is 15.1 Å². The minimum absolute atomic E-state index is 0.303. The molecule has 0 fully saturated rings. The molecule has 1 aliphatic heterocycles. The van der Waals surface area contributed by atoms with Crippen molar-refractivity contribution in [2.24, 2.45) is 0 Å². The number of esters is 1. The van der Waals surface area contributed by atoms with E-state index in [1.165, 1.54) is 24.1 Å². The van der Waals surface area contributed by atoms with Gasteiger partial charge in [0, 0.05) is 30.8 Å². The molecular formula is C17H21N3O2. The predicted molar refractivity (Wildman–Crippen MR) is 83.9 cm³/mol. The molecule has 2 heterocycles. The molecule has 1 N–H and O–H groups in total. The molecule has 0 radical (unpaired) electrons. The second kappa shape index (κ2) is 6.32. The summed E-state index contributed by atoms with van der Waals surface area (Å²) < 4.78 is 6.84. The normalized spacial score (nSPS) is 13.7. The number of ether oxygens (including phenoxy) is 1. The van der Waals surface area contributed by atoms with Crippen LogP contribution in [-0.4, -0.2) is 29.4 Å². The van der Waals surface area contributed by atoms with Crippen LogP contribution in [0.25, 0.3) is 0 Å². The maximum Gasteiger partial charge on any atom is 0.337 e. The number of hydrogen-bond donors (Lipinski definition) is 1. The van der Waals surface area contributed by atoms with E-state index in [9.17, 15) is 4.79 Å². The fourth-order valence-electron chi connectivity index (χ4n) is 2.94. The van der Waals surface area contributed by atoms with Crippen molar-refractivity contribution in [1.29, 1.82) is 0 Å². The van der Waals surface area contributed by atoms with Crippen LogP contribution in [0, 0.1) is 0 Å². The average molecular weight is 299 g/mol. The summed E-state index contributed by atoms with van der Waals surface area (Å²) in [5.41, 5.74) is 5.60. The van der Waals surface area contributed by atoms with Gasteiger partial charge in [0.25, 0.3) is 0 Å². The van der Waals surface area contributed by atoms with Crippen molar-refractivity contribution in [3.8, 4) is 0 Å². The van der Waals surface area contributed by atoms with Crippen LogP contribution in [0.3, 0.4) is 0 Å². The molecule has 0 aliphatic carbocycles. The van der Waals surface area contributed by atoms with Crippen LogP contribution < -0.4 is 5.32 Å². The highest BCUT2D eigenvalue weighted by molar-refractivity contribution is 5.89. The quantitative estimate of drug-likeness (QED) is 0.877. The molecule has 22 heavy (non-hydrogen) atoms. The van der Waals surface area contributed by atoms with Crippen LogP contribution in [0.1, 0.15) is 39.8 Å². The Labute approximate surface area is 130 Å². The van der Waals surface area contributed by atoms with Crippen molar-refractivity contribution >= 4 is 5.97 Å². The summed E-state index contributed by atoms with van der Waals surface area (Å²) in [5, 5.41) is 8.18. The number of nitrogens with zero attached hydrogens (tertiary/aromatic N) is 2. The zero-order valence-electron chi connectivity index (χ0n) is 13.1. The number of rotatable bonds is 4. The smallest absolute Gasteiger partial charge is 0.337 e. The summed E-state index contributed by atoms with van der Waals surface area (Å²) in [6.45, 7) is 4.80. The van der Waals surface area contributed by atoms with E-state index in [-0.39, 0.29) is 5.97 Å². The molecule has 3 rings (SSSR count). The van der Waals surface area contributed by atoms with E-state index in [1.54, 1.807) is 12.1 Å². The first kappa shape index (κ1) is 14.8. The number of aryl methyl sites for hydroxylation is 1. The van der Waals surface area contributed by atoms with E-state index in [0.717, 1.165) is 38.0 Å². The van der Waals surface area contributed by atoms with E-state index in [2.05, 4.69) is 16.9 Å². The number of hydrogen-bond acceptors (Lipinski definition) is 4. The Morgan fingerprint density at radius 3 is 2.82 bits per heavy atom. The van der Waals surface area contributed by atoms with Gasteiger partial charge in [-0.25, -0.2) is 4.79 Å². The van der Waals surface area contributed by atoms with Gasteiger partial charge < -0.3 is 10.1 Å². The summed E-state index contributed by atoms with van der Waals surface area (Å²) in [7, 11) is 1.40. The van der Waals surface area contributed by atoms with Gasteiger partial charge in [-0.05, 0) is 24.1 Å². The van der Waals surface area contributed by atoms with E-state index in [0.29, 0.717) is 5.56 Å². The SMILES string of the molecule is CCc1nn(Cc2ccc(C(=O)OC)cc2)c2c1CNCC2. The highest BCUT2D eigenvalue weighted by Gasteiger charge is 2.19. The van der Waals surface area contributed by atoms with Gasteiger partial charge in [0.15, 0.2) is 0 Å². The Kier molecular flexibility index (Phi) is 4.24. The molecule has 2 aromatic rings. The third-order valence-electron chi connectivity index (χ3n) is 4.13. The van der Waals surface area contributed by atoms with Gasteiger partial charge in [0.2, 0.25) is 0 Å². The molecule has 5 heteroatoms. The predicted octanol–water partition coefficient (Wildman–Crippen LogP) is 1.93. The summed E-state index contributed by atoms with van der Waals surface area (Å²) in [6, 6.07) is 7.54. The first-order valence-electron chi connectivity index (χ1n) is 7.68.